The van der Waals surface area contributed by atoms with Gasteiger partial charge in [0.15, 0.2) is 5.96 Å². The van der Waals surface area contributed by atoms with Crippen molar-refractivity contribution in [2.75, 3.05) is 13.6 Å². The average Bonchev–Trinajstić information content (AvgIpc) is 2.99. The van der Waals surface area contributed by atoms with Crippen LogP contribution in [-0.2, 0) is 5.41 Å². The fraction of sp³-hybridized carbons (Fsp3) is 0.688. The van der Waals surface area contributed by atoms with Crippen LogP contribution in [0.5, 0.6) is 0 Å². The molecule has 0 unspecified atom stereocenters. The predicted molar refractivity (Wildman–Crippen MR) is 104 cm³/mol. The van der Waals surface area contributed by atoms with Crippen molar-refractivity contribution in [2.45, 2.75) is 57.4 Å². The molecule has 0 aliphatic heterocycles. The van der Waals surface area contributed by atoms with E-state index >= 15 is 0 Å². The van der Waals surface area contributed by atoms with Crippen LogP contribution in [-0.4, -0.2) is 25.6 Å². The van der Waals surface area contributed by atoms with E-state index in [9.17, 15) is 0 Å². The van der Waals surface area contributed by atoms with Gasteiger partial charge in [-0.05, 0) is 38.1 Å². The fourth-order valence-corrected chi connectivity index (χ4v) is 4.03. The van der Waals surface area contributed by atoms with E-state index in [1.807, 2.05) is 18.4 Å². The lowest BCUT2D eigenvalue weighted by atomic mass is 9.73. The number of hydrogen-bond acceptors (Lipinski definition) is 2. The molecule has 0 spiro atoms. The molecule has 1 aliphatic carbocycles. The molecule has 5 heteroatoms. The van der Waals surface area contributed by atoms with Gasteiger partial charge in [0.1, 0.15) is 0 Å². The van der Waals surface area contributed by atoms with Gasteiger partial charge in [0.25, 0.3) is 0 Å². The topological polar surface area (TPSA) is 36.4 Å². The quantitative estimate of drug-likeness (QED) is 0.436. The minimum absolute atomic E-state index is 0. The number of rotatable bonds is 4. The second-order valence-corrected chi connectivity index (χ2v) is 6.99. The maximum Gasteiger partial charge on any atom is 0.191 e. The molecule has 21 heavy (non-hydrogen) atoms. The number of nitrogens with one attached hydrogen (secondary N) is 2. The van der Waals surface area contributed by atoms with Crippen LogP contribution < -0.4 is 10.6 Å². The molecule has 1 saturated carbocycles. The molecule has 2 rings (SSSR count). The Morgan fingerprint density at radius 2 is 2.05 bits per heavy atom. The van der Waals surface area contributed by atoms with Gasteiger partial charge in [-0.2, -0.15) is 0 Å². The SMILES string of the molecule is CN=C(NCC1(c2cccs2)CCCCC1)NC(C)C.I. The van der Waals surface area contributed by atoms with Crippen LogP contribution in [0.4, 0.5) is 0 Å². The molecule has 1 fully saturated rings. The Bertz CT molecular complexity index is 423. The zero-order valence-electron chi connectivity index (χ0n) is 13.3. The summed E-state index contributed by atoms with van der Waals surface area (Å²) in [6.07, 6.45) is 6.65. The van der Waals surface area contributed by atoms with Crippen molar-refractivity contribution in [2.24, 2.45) is 4.99 Å². The van der Waals surface area contributed by atoms with E-state index in [-0.39, 0.29) is 24.0 Å². The molecule has 1 aromatic rings. The summed E-state index contributed by atoms with van der Waals surface area (Å²) in [7, 11) is 1.84. The Hall–Kier alpha value is -0.300. The lowest BCUT2D eigenvalue weighted by Crippen LogP contribution is -2.47. The molecule has 120 valence electrons. The van der Waals surface area contributed by atoms with Gasteiger partial charge in [0, 0.05) is 29.9 Å². The van der Waals surface area contributed by atoms with E-state index in [4.69, 9.17) is 0 Å². The molecule has 1 aliphatic rings. The monoisotopic (exact) mass is 421 g/mol. The summed E-state index contributed by atoms with van der Waals surface area (Å²) in [6, 6.07) is 4.89. The van der Waals surface area contributed by atoms with Gasteiger partial charge in [-0.15, -0.1) is 35.3 Å². The molecule has 0 atom stereocenters. The summed E-state index contributed by atoms with van der Waals surface area (Å²) in [5, 5.41) is 9.12. The molecule has 0 bridgehead atoms. The first-order valence-electron chi connectivity index (χ1n) is 7.67. The molecule has 0 radical (unpaired) electrons. The molecular formula is C16H28IN3S. The van der Waals surface area contributed by atoms with Crippen molar-refractivity contribution >= 4 is 41.3 Å². The second-order valence-electron chi connectivity index (χ2n) is 6.04. The van der Waals surface area contributed by atoms with E-state index in [0.29, 0.717) is 11.5 Å². The van der Waals surface area contributed by atoms with Crippen molar-refractivity contribution in [3.63, 3.8) is 0 Å². The first-order valence-corrected chi connectivity index (χ1v) is 8.55. The highest BCUT2D eigenvalue weighted by Gasteiger charge is 2.34. The van der Waals surface area contributed by atoms with Crippen LogP contribution in [0.25, 0.3) is 0 Å². The molecule has 2 N–H and O–H groups in total. The average molecular weight is 421 g/mol. The van der Waals surface area contributed by atoms with Crippen molar-refractivity contribution in [1.29, 1.82) is 0 Å². The van der Waals surface area contributed by atoms with E-state index in [1.54, 1.807) is 0 Å². The number of guanidine groups is 1. The third-order valence-corrected chi connectivity index (χ3v) is 5.21. The zero-order valence-corrected chi connectivity index (χ0v) is 16.5. The molecule has 0 saturated heterocycles. The predicted octanol–water partition coefficient (Wildman–Crippen LogP) is 4.14. The summed E-state index contributed by atoms with van der Waals surface area (Å²) in [4.78, 5) is 5.85. The van der Waals surface area contributed by atoms with E-state index in [2.05, 4.69) is 47.0 Å². The van der Waals surface area contributed by atoms with Gasteiger partial charge in [0.05, 0.1) is 0 Å². The minimum atomic E-state index is 0. The normalized spacial score (nSPS) is 18.2. The van der Waals surface area contributed by atoms with Gasteiger partial charge >= 0.3 is 0 Å². The highest BCUT2D eigenvalue weighted by Crippen LogP contribution is 2.40. The zero-order chi connectivity index (χ0) is 14.4. The van der Waals surface area contributed by atoms with Gasteiger partial charge in [-0.25, -0.2) is 0 Å². The van der Waals surface area contributed by atoms with E-state index in [0.717, 1.165) is 12.5 Å². The first kappa shape index (κ1) is 18.7. The Kier molecular flexibility index (Phi) is 8.02. The Morgan fingerprint density at radius 1 is 1.33 bits per heavy atom. The van der Waals surface area contributed by atoms with E-state index in [1.165, 1.54) is 37.0 Å². The van der Waals surface area contributed by atoms with Gasteiger partial charge in [-0.1, -0.05) is 25.3 Å². The summed E-state index contributed by atoms with van der Waals surface area (Å²) in [5.41, 5.74) is 0.307. The molecule has 1 heterocycles. The number of hydrogen-bond donors (Lipinski definition) is 2. The standard InChI is InChI=1S/C16H27N3S.HI/c1-13(2)19-15(17-3)18-12-16(9-5-4-6-10-16)14-8-7-11-20-14;/h7-8,11,13H,4-6,9-10,12H2,1-3H3,(H2,17,18,19);1H. The number of halogens is 1. The van der Waals surface area contributed by atoms with Crippen molar-refractivity contribution in [3.05, 3.63) is 22.4 Å². The third kappa shape index (κ3) is 5.13. The second kappa shape index (κ2) is 8.98. The lowest BCUT2D eigenvalue weighted by molar-refractivity contribution is 0.296. The summed E-state index contributed by atoms with van der Waals surface area (Å²) >= 11 is 1.90. The van der Waals surface area contributed by atoms with Crippen molar-refractivity contribution in [1.82, 2.24) is 10.6 Å². The summed E-state index contributed by atoms with van der Waals surface area (Å²) in [6.45, 7) is 5.27. The first-order chi connectivity index (χ1) is 9.66. The molecule has 1 aromatic heterocycles. The summed E-state index contributed by atoms with van der Waals surface area (Å²) in [5.74, 6) is 0.918. The number of aliphatic imine (C=N–C) groups is 1. The smallest absolute Gasteiger partial charge is 0.191 e. The van der Waals surface area contributed by atoms with Crippen LogP contribution in [0.2, 0.25) is 0 Å². The Balaban J connectivity index is 0.00000220. The third-order valence-electron chi connectivity index (χ3n) is 4.10. The molecular weight excluding hydrogens is 393 g/mol. The number of nitrogens with zero attached hydrogens (tertiary/aromatic N) is 1. The maximum absolute atomic E-state index is 4.32. The molecule has 3 nitrogen and oxygen atoms in total. The number of thiophene rings is 1. The molecule has 0 aromatic carbocycles. The van der Waals surface area contributed by atoms with Crippen LogP contribution >= 0.6 is 35.3 Å². The van der Waals surface area contributed by atoms with Crippen molar-refractivity contribution in [3.8, 4) is 0 Å². The van der Waals surface area contributed by atoms with Crippen molar-refractivity contribution < 1.29 is 0 Å². The molecule has 0 amide bonds. The van der Waals surface area contributed by atoms with Gasteiger partial charge < -0.3 is 10.6 Å². The maximum atomic E-state index is 4.32. The Morgan fingerprint density at radius 3 is 2.57 bits per heavy atom. The van der Waals surface area contributed by atoms with Crippen LogP contribution in [0.3, 0.4) is 0 Å². The van der Waals surface area contributed by atoms with E-state index < -0.39 is 0 Å². The van der Waals surface area contributed by atoms with Gasteiger partial charge in [0.2, 0.25) is 0 Å². The van der Waals surface area contributed by atoms with Crippen LogP contribution in [0.15, 0.2) is 22.5 Å². The highest BCUT2D eigenvalue weighted by molar-refractivity contribution is 14.0. The largest absolute Gasteiger partial charge is 0.355 e. The van der Waals surface area contributed by atoms with Gasteiger partial charge in [-0.3, -0.25) is 4.99 Å². The fourth-order valence-electron chi connectivity index (χ4n) is 3.04. The van der Waals surface area contributed by atoms with Crippen LogP contribution in [0, 0.1) is 0 Å². The Labute approximate surface area is 150 Å². The van der Waals surface area contributed by atoms with Crippen LogP contribution in [0.1, 0.15) is 50.8 Å². The highest BCUT2D eigenvalue weighted by atomic mass is 127. The minimum Gasteiger partial charge on any atom is -0.355 e. The lowest BCUT2D eigenvalue weighted by Gasteiger charge is -2.37. The summed E-state index contributed by atoms with van der Waals surface area (Å²) < 4.78 is 0.